The molecule has 2 aliphatic rings. The molecule has 0 radical (unpaired) electrons. The molecule has 130 valence electrons. The second kappa shape index (κ2) is 5.70. The SMILES string of the molecule is CC(C)=CCc1c(O)ccc2c1O[C@@H]1c3cc(O)ccc3O[C@H]2[C@H]1O. The molecular weight excluding hydrogens is 320 g/mol. The van der Waals surface area contributed by atoms with E-state index in [0.29, 0.717) is 29.0 Å². The van der Waals surface area contributed by atoms with Gasteiger partial charge in [0.2, 0.25) is 0 Å². The molecular formula is C20H20O5. The second-order valence-electron chi connectivity index (χ2n) is 6.76. The van der Waals surface area contributed by atoms with Gasteiger partial charge in [-0.3, -0.25) is 0 Å². The van der Waals surface area contributed by atoms with Crippen molar-refractivity contribution in [2.75, 3.05) is 0 Å². The number of hydrogen-bond acceptors (Lipinski definition) is 5. The van der Waals surface area contributed by atoms with E-state index < -0.39 is 18.3 Å². The minimum Gasteiger partial charge on any atom is -0.508 e. The van der Waals surface area contributed by atoms with Gasteiger partial charge >= 0.3 is 0 Å². The van der Waals surface area contributed by atoms with Gasteiger partial charge < -0.3 is 24.8 Å². The summed E-state index contributed by atoms with van der Waals surface area (Å²) in [6, 6.07) is 8.11. The summed E-state index contributed by atoms with van der Waals surface area (Å²) in [6.45, 7) is 3.99. The topological polar surface area (TPSA) is 79.2 Å². The summed E-state index contributed by atoms with van der Waals surface area (Å²) >= 11 is 0. The zero-order valence-corrected chi connectivity index (χ0v) is 14.1. The van der Waals surface area contributed by atoms with Crippen LogP contribution in [0, 0.1) is 0 Å². The molecule has 0 aromatic heterocycles. The summed E-state index contributed by atoms with van der Waals surface area (Å²) in [6.07, 6.45) is 0.431. The molecule has 0 spiro atoms. The van der Waals surface area contributed by atoms with E-state index in [1.54, 1.807) is 30.3 Å². The van der Waals surface area contributed by atoms with Crippen LogP contribution in [0.5, 0.6) is 23.0 Å². The minimum absolute atomic E-state index is 0.0862. The quantitative estimate of drug-likeness (QED) is 0.729. The lowest BCUT2D eigenvalue weighted by Crippen LogP contribution is -2.41. The summed E-state index contributed by atoms with van der Waals surface area (Å²) in [5.41, 5.74) is 3.13. The fourth-order valence-corrected chi connectivity index (χ4v) is 3.42. The van der Waals surface area contributed by atoms with Crippen LogP contribution in [-0.4, -0.2) is 21.4 Å². The van der Waals surface area contributed by atoms with Gasteiger partial charge in [0.25, 0.3) is 0 Å². The van der Waals surface area contributed by atoms with E-state index in [0.717, 1.165) is 11.1 Å². The van der Waals surface area contributed by atoms with E-state index in [1.165, 1.54) is 0 Å². The van der Waals surface area contributed by atoms with Crippen molar-refractivity contribution in [2.24, 2.45) is 0 Å². The minimum atomic E-state index is -0.886. The van der Waals surface area contributed by atoms with Crippen molar-refractivity contribution in [1.29, 1.82) is 0 Å². The first kappa shape index (κ1) is 15.8. The molecule has 5 nitrogen and oxygen atoms in total. The summed E-state index contributed by atoms with van der Waals surface area (Å²) < 4.78 is 12.1. The molecule has 0 aliphatic carbocycles. The maximum Gasteiger partial charge on any atom is 0.157 e. The first-order chi connectivity index (χ1) is 12.0. The Balaban J connectivity index is 1.84. The monoisotopic (exact) mass is 340 g/mol. The number of fused-ring (bicyclic) bond motifs is 6. The van der Waals surface area contributed by atoms with Gasteiger partial charge in [0.1, 0.15) is 29.1 Å². The number of phenols is 2. The van der Waals surface area contributed by atoms with Crippen molar-refractivity contribution in [1.82, 2.24) is 0 Å². The molecule has 5 heteroatoms. The van der Waals surface area contributed by atoms with Gasteiger partial charge in [-0.05, 0) is 50.6 Å². The Bertz CT molecular complexity index is 867. The van der Waals surface area contributed by atoms with Gasteiger partial charge in [0, 0.05) is 16.7 Å². The molecule has 2 aromatic carbocycles. The first-order valence-electron chi connectivity index (χ1n) is 8.28. The number of aliphatic hydroxyl groups is 1. The molecule has 2 aromatic rings. The van der Waals surface area contributed by atoms with Crippen molar-refractivity contribution in [3.05, 3.63) is 58.7 Å². The summed E-state index contributed by atoms with van der Waals surface area (Å²) in [7, 11) is 0. The molecule has 0 amide bonds. The van der Waals surface area contributed by atoms with Crippen LogP contribution < -0.4 is 9.47 Å². The van der Waals surface area contributed by atoms with Crippen LogP contribution in [0.3, 0.4) is 0 Å². The molecule has 0 saturated carbocycles. The fourth-order valence-electron chi connectivity index (χ4n) is 3.42. The highest BCUT2D eigenvalue weighted by molar-refractivity contribution is 5.56. The highest BCUT2D eigenvalue weighted by Crippen LogP contribution is 2.52. The number of allylic oxidation sites excluding steroid dienone is 2. The summed E-state index contributed by atoms with van der Waals surface area (Å²) in [5, 5.41) is 30.7. The average molecular weight is 340 g/mol. The summed E-state index contributed by atoms with van der Waals surface area (Å²) in [5.74, 6) is 1.37. The lowest BCUT2D eigenvalue weighted by atomic mass is 9.87. The smallest absolute Gasteiger partial charge is 0.157 e. The molecule has 3 N–H and O–H groups in total. The molecule has 0 saturated heterocycles. The Morgan fingerprint density at radius 3 is 2.56 bits per heavy atom. The van der Waals surface area contributed by atoms with Gasteiger partial charge in [0.05, 0.1) is 0 Å². The molecule has 0 unspecified atom stereocenters. The van der Waals surface area contributed by atoms with Crippen molar-refractivity contribution in [3.8, 4) is 23.0 Å². The molecule has 3 atom stereocenters. The van der Waals surface area contributed by atoms with E-state index >= 15 is 0 Å². The van der Waals surface area contributed by atoms with E-state index in [1.807, 2.05) is 19.9 Å². The van der Waals surface area contributed by atoms with Crippen molar-refractivity contribution >= 4 is 0 Å². The van der Waals surface area contributed by atoms with Crippen LogP contribution in [0.2, 0.25) is 0 Å². The Hall–Kier alpha value is -2.66. The highest BCUT2D eigenvalue weighted by atomic mass is 16.5. The number of hydrogen-bond donors (Lipinski definition) is 3. The van der Waals surface area contributed by atoms with E-state index in [9.17, 15) is 15.3 Å². The Morgan fingerprint density at radius 2 is 1.80 bits per heavy atom. The van der Waals surface area contributed by atoms with E-state index in [-0.39, 0.29) is 11.5 Å². The number of phenolic OH excluding ortho intramolecular Hbond substituents is 2. The van der Waals surface area contributed by atoms with Gasteiger partial charge in [0.15, 0.2) is 12.2 Å². The molecule has 2 bridgehead atoms. The fraction of sp³-hybridized carbons (Fsp3) is 0.300. The molecule has 25 heavy (non-hydrogen) atoms. The van der Waals surface area contributed by atoms with E-state index in [2.05, 4.69) is 0 Å². The largest absolute Gasteiger partial charge is 0.508 e. The van der Waals surface area contributed by atoms with Gasteiger partial charge in [-0.2, -0.15) is 0 Å². The van der Waals surface area contributed by atoms with Crippen molar-refractivity contribution in [2.45, 2.75) is 38.6 Å². The van der Waals surface area contributed by atoms with Gasteiger partial charge in [-0.15, -0.1) is 0 Å². The normalized spacial score (nSPS) is 22.9. The van der Waals surface area contributed by atoms with Crippen LogP contribution in [0.4, 0.5) is 0 Å². The maximum absolute atomic E-state index is 10.6. The Labute approximate surface area is 145 Å². The molecule has 2 heterocycles. The zero-order valence-electron chi connectivity index (χ0n) is 14.1. The Kier molecular flexibility index (Phi) is 3.62. The number of aliphatic hydroxyl groups excluding tert-OH is 1. The van der Waals surface area contributed by atoms with Gasteiger partial charge in [-0.25, -0.2) is 0 Å². The third-order valence-corrected chi connectivity index (χ3v) is 4.71. The lowest BCUT2D eigenvalue weighted by molar-refractivity contribution is -0.0773. The molecule has 0 fully saturated rings. The van der Waals surface area contributed by atoms with Crippen LogP contribution >= 0.6 is 0 Å². The number of benzene rings is 2. The zero-order chi connectivity index (χ0) is 17.7. The summed E-state index contributed by atoms with van der Waals surface area (Å²) in [4.78, 5) is 0. The number of rotatable bonds is 2. The standard InChI is InChI=1S/C20H20O5/c1-10(2)3-5-12-15(22)7-6-13-18(12)25-20-14-9-11(21)4-8-16(14)24-19(13)17(20)23/h3-4,6-9,17,19-23H,5H2,1-2H3/t17-,19-,20-/m1/s1. The first-order valence-corrected chi connectivity index (χ1v) is 8.28. The molecule has 2 aliphatic heterocycles. The van der Waals surface area contributed by atoms with Crippen molar-refractivity contribution < 1.29 is 24.8 Å². The van der Waals surface area contributed by atoms with Crippen LogP contribution in [-0.2, 0) is 6.42 Å². The predicted octanol–water partition coefficient (Wildman–Crippen LogP) is 3.53. The maximum atomic E-state index is 10.6. The number of aromatic hydroxyl groups is 2. The van der Waals surface area contributed by atoms with Gasteiger partial charge in [-0.1, -0.05) is 11.6 Å². The second-order valence-corrected chi connectivity index (χ2v) is 6.76. The molecule has 4 rings (SSSR count). The van der Waals surface area contributed by atoms with Crippen LogP contribution in [0.25, 0.3) is 0 Å². The van der Waals surface area contributed by atoms with Crippen LogP contribution in [0.15, 0.2) is 42.0 Å². The Morgan fingerprint density at radius 1 is 1.04 bits per heavy atom. The van der Waals surface area contributed by atoms with Crippen molar-refractivity contribution in [3.63, 3.8) is 0 Å². The highest BCUT2D eigenvalue weighted by Gasteiger charge is 2.45. The average Bonchev–Trinajstić information content (AvgIpc) is 2.55. The third-order valence-electron chi connectivity index (χ3n) is 4.71. The number of ether oxygens (including phenoxy) is 2. The van der Waals surface area contributed by atoms with E-state index in [4.69, 9.17) is 9.47 Å². The van der Waals surface area contributed by atoms with Crippen LogP contribution in [0.1, 0.15) is 42.7 Å². The third kappa shape index (κ3) is 2.51. The lowest BCUT2D eigenvalue weighted by Gasteiger charge is -2.42. The predicted molar refractivity (Wildman–Crippen MR) is 92.1 cm³/mol.